The van der Waals surface area contributed by atoms with Crippen molar-refractivity contribution in [2.45, 2.75) is 26.8 Å². The molecule has 2 rings (SSSR count). The standard InChI is InChI=1S/C16H23N3O4/c1-4-19(5-2)10-11-13(15(20)22-6-3)14(18-16(21)17-11)12-8-7-9-23-12/h7-9,14H,4-6,10H2,1-3H3,(H2,17,18,21)/t14-/m0/s1. The zero-order chi connectivity index (χ0) is 16.8. The van der Waals surface area contributed by atoms with Crippen molar-refractivity contribution in [1.29, 1.82) is 0 Å². The van der Waals surface area contributed by atoms with Crippen LogP contribution in [0.25, 0.3) is 0 Å². The number of furan rings is 1. The van der Waals surface area contributed by atoms with E-state index in [-0.39, 0.29) is 12.6 Å². The molecular formula is C16H23N3O4. The van der Waals surface area contributed by atoms with Crippen LogP contribution in [0.3, 0.4) is 0 Å². The summed E-state index contributed by atoms with van der Waals surface area (Å²) in [4.78, 5) is 26.6. The summed E-state index contributed by atoms with van der Waals surface area (Å²) in [5.41, 5.74) is 0.936. The van der Waals surface area contributed by atoms with Crippen LogP contribution in [-0.2, 0) is 9.53 Å². The van der Waals surface area contributed by atoms with E-state index in [1.165, 1.54) is 6.26 Å². The minimum absolute atomic E-state index is 0.264. The molecule has 0 saturated heterocycles. The fraction of sp³-hybridized carbons (Fsp3) is 0.500. The fourth-order valence-electron chi connectivity index (χ4n) is 2.53. The van der Waals surface area contributed by atoms with Crippen LogP contribution in [0.1, 0.15) is 32.6 Å². The summed E-state index contributed by atoms with van der Waals surface area (Å²) < 4.78 is 10.6. The highest BCUT2D eigenvalue weighted by molar-refractivity contribution is 5.95. The molecule has 0 bridgehead atoms. The number of esters is 1. The van der Waals surface area contributed by atoms with E-state index in [0.29, 0.717) is 23.6 Å². The zero-order valence-corrected chi connectivity index (χ0v) is 13.7. The molecular weight excluding hydrogens is 298 g/mol. The van der Waals surface area contributed by atoms with Gasteiger partial charge in [0, 0.05) is 12.2 Å². The van der Waals surface area contributed by atoms with Crippen molar-refractivity contribution in [2.24, 2.45) is 0 Å². The Hall–Kier alpha value is -2.28. The van der Waals surface area contributed by atoms with Gasteiger partial charge in [-0.15, -0.1) is 0 Å². The lowest BCUT2D eigenvalue weighted by Crippen LogP contribution is -2.48. The lowest BCUT2D eigenvalue weighted by atomic mass is 10.00. The third-order valence-electron chi connectivity index (χ3n) is 3.75. The molecule has 7 heteroatoms. The Balaban J connectivity index is 2.43. The molecule has 2 heterocycles. The third-order valence-corrected chi connectivity index (χ3v) is 3.75. The number of urea groups is 1. The van der Waals surface area contributed by atoms with Crippen molar-refractivity contribution in [2.75, 3.05) is 26.2 Å². The first-order valence-electron chi connectivity index (χ1n) is 7.84. The SMILES string of the molecule is CCOC(=O)C1=C(CN(CC)CC)NC(=O)N[C@H]1c1ccco1. The summed E-state index contributed by atoms with van der Waals surface area (Å²) >= 11 is 0. The Kier molecular flexibility index (Phi) is 5.81. The maximum Gasteiger partial charge on any atom is 0.338 e. The van der Waals surface area contributed by atoms with Crippen molar-refractivity contribution in [3.05, 3.63) is 35.4 Å². The van der Waals surface area contributed by atoms with Crippen LogP contribution in [0.4, 0.5) is 4.79 Å². The molecule has 0 unspecified atom stereocenters. The smallest absolute Gasteiger partial charge is 0.338 e. The average molecular weight is 321 g/mol. The number of hydrogen-bond donors (Lipinski definition) is 2. The highest BCUT2D eigenvalue weighted by atomic mass is 16.5. The molecule has 0 spiro atoms. The zero-order valence-electron chi connectivity index (χ0n) is 13.7. The molecule has 23 heavy (non-hydrogen) atoms. The lowest BCUT2D eigenvalue weighted by molar-refractivity contribution is -0.139. The molecule has 7 nitrogen and oxygen atoms in total. The predicted molar refractivity (Wildman–Crippen MR) is 84.6 cm³/mol. The summed E-state index contributed by atoms with van der Waals surface area (Å²) in [6.07, 6.45) is 1.51. The van der Waals surface area contributed by atoms with Gasteiger partial charge in [0.15, 0.2) is 0 Å². The Morgan fingerprint density at radius 2 is 2.09 bits per heavy atom. The van der Waals surface area contributed by atoms with Crippen LogP contribution < -0.4 is 10.6 Å². The van der Waals surface area contributed by atoms with Gasteiger partial charge in [-0.05, 0) is 32.1 Å². The Bertz CT molecular complexity index is 576. The summed E-state index contributed by atoms with van der Waals surface area (Å²) in [6, 6.07) is 2.44. The lowest BCUT2D eigenvalue weighted by Gasteiger charge is -2.30. The van der Waals surface area contributed by atoms with Gasteiger partial charge in [-0.3, -0.25) is 4.90 Å². The molecule has 1 aliphatic rings. The maximum absolute atomic E-state index is 12.4. The van der Waals surface area contributed by atoms with Crippen LogP contribution in [0.5, 0.6) is 0 Å². The van der Waals surface area contributed by atoms with Gasteiger partial charge in [-0.1, -0.05) is 13.8 Å². The molecule has 2 N–H and O–H groups in total. The molecule has 1 aromatic heterocycles. The van der Waals surface area contributed by atoms with Crippen molar-refractivity contribution in [1.82, 2.24) is 15.5 Å². The summed E-state index contributed by atoms with van der Waals surface area (Å²) in [5.74, 6) is 0.0449. The predicted octanol–water partition coefficient (Wildman–Crippen LogP) is 1.79. The second kappa shape index (κ2) is 7.82. The third kappa shape index (κ3) is 3.92. The van der Waals surface area contributed by atoms with E-state index in [1.807, 2.05) is 13.8 Å². The number of hydrogen-bond acceptors (Lipinski definition) is 5. The number of carbonyl (C=O) groups excluding carboxylic acids is 2. The number of amides is 2. The van der Waals surface area contributed by atoms with E-state index in [1.54, 1.807) is 19.1 Å². The minimum atomic E-state index is -0.650. The number of likely N-dealkylation sites (N-methyl/N-ethyl adjacent to an activating group) is 1. The van der Waals surface area contributed by atoms with Gasteiger partial charge in [0.1, 0.15) is 11.8 Å². The van der Waals surface area contributed by atoms with E-state index in [9.17, 15) is 9.59 Å². The number of ether oxygens (including phenoxy) is 1. The second-order valence-corrected chi connectivity index (χ2v) is 5.12. The fourth-order valence-corrected chi connectivity index (χ4v) is 2.53. The van der Waals surface area contributed by atoms with Gasteiger partial charge in [0.2, 0.25) is 0 Å². The normalized spacial score (nSPS) is 17.9. The Morgan fingerprint density at radius 1 is 1.35 bits per heavy atom. The molecule has 2 amide bonds. The molecule has 0 aliphatic carbocycles. The van der Waals surface area contributed by atoms with Crippen molar-refractivity contribution < 1.29 is 18.7 Å². The number of carbonyl (C=O) groups is 2. The minimum Gasteiger partial charge on any atom is -0.467 e. The van der Waals surface area contributed by atoms with E-state index >= 15 is 0 Å². The topological polar surface area (TPSA) is 83.8 Å². The summed E-state index contributed by atoms with van der Waals surface area (Å²) in [6.45, 7) is 8.16. The number of rotatable bonds is 7. The quantitative estimate of drug-likeness (QED) is 0.748. The van der Waals surface area contributed by atoms with E-state index in [4.69, 9.17) is 9.15 Å². The number of nitrogens with zero attached hydrogens (tertiary/aromatic N) is 1. The maximum atomic E-state index is 12.4. The van der Waals surface area contributed by atoms with Crippen LogP contribution >= 0.6 is 0 Å². The van der Waals surface area contributed by atoms with Gasteiger partial charge in [-0.25, -0.2) is 9.59 Å². The summed E-state index contributed by atoms with van der Waals surface area (Å²) in [5, 5.41) is 5.47. The highest BCUT2D eigenvalue weighted by Crippen LogP contribution is 2.28. The van der Waals surface area contributed by atoms with E-state index in [2.05, 4.69) is 15.5 Å². The van der Waals surface area contributed by atoms with E-state index in [0.717, 1.165) is 13.1 Å². The monoisotopic (exact) mass is 321 g/mol. The molecule has 0 saturated carbocycles. The Labute approximate surface area is 135 Å². The van der Waals surface area contributed by atoms with Gasteiger partial charge >= 0.3 is 12.0 Å². The summed E-state index contributed by atoms with van der Waals surface area (Å²) in [7, 11) is 0. The van der Waals surface area contributed by atoms with Crippen molar-refractivity contribution in [3.8, 4) is 0 Å². The molecule has 0 aromatic carbocycles. The molecule has 0 radical (unpaired) electrons. The van der Waals surface area contributed by atoms with Gasteiger partial charge in [0.05, 0.1) is 18.4 Å². The van der Waals surface area contributed by atoms with Gasteiger partial charge < -0.3 is 19.8 Å². The molecule has 1 aliphatic heterocycles. The first-order chi connectivity index (χ1) is 11.1. The molecule has 1 atom stereocenters. The number of nitrogens with one attached hydrogen (secondary N) is 2. The van der Waals surface area contributed by atoms with Crippen molar-refractivity contribution in [3.63, 3.8) is 0 Å². The molecule has 1 aromatic rings. The molecule has 126 valence electrons. The second-order valence-electron chi connectivity index (χ2n) is 5.12. The first kappa shape index (κ1) is 17.1. The van der Waals surface area contributed by atoms with Gasteiger partial charge in [0.25, 0.3) is 0 Å². The van der Waals surface area contributed by atoms with Crippen molar-refractivity contribution >= 4 is 12.0 Å². The van der Waals surface area contributed by atoms with Crippen LogP contribution in [0.2, 0.25) is 0 Å². The van der Waals surface area contributed by atoms with E-state index < -0.39 is 12.0 Å². The van der Waals surface area contributed by atoms with Crippen LogP contribution in [0, 0.1) is 0 Å². The van der Waals surface area contributed by atoms with Gasteiger partial charge in [-0.2, -0.15) is 0 Å². The average Bonchev–Trinajstić information content (AvgIpc) is 3.06. The Morgan fingerprint density at radius 3 is 2.65 bits per heavy atom. The molecule has 0 fully saturated rings. The largest absolute Gasteiger partial charge is 0.467 e. The first-order valence-corrected chi connectivity index (χ1v) is 7.84. The highest BCUT2D eigenvalue weighted by Gasteiger charge is 2.35. The van der Waals surface area contributed by atoms with Crippen LogP contribution in [0.15, 0.2) is 34.1 Å². The van der Waals surface area contributed by atoms with Crippen LogP contribution in [-0.4, -0.2) is 43.1 Å².